The predicted octanol–water partition coefficient (Wildman–Crippen LogP) is 2.11. The van der Waals surface area contributed by atoms with Crippen molar-refractivity contribution in [3.05, 3.63) is 38.9 Å². The van der Waals surface area contributed by atoms with E-state index >= 15 is 0 Å². The summed E-state index contributed by atoms with van der Waals surface area (Å²) in [6, 6.07) is 3.80. The molecule has 0 spiro atoms. The molecule has 1 aliphatic carbocycles. The Bertz CT molecular complexity index is 560. The molecule has 3 N–H and O–H groups in total. The molecule has 0 radical (unpaired) electrons. The van der Waals surface area contributed by atoms with Gasteiger partial charge in [0, 0.05) is 18.7 Å². The SMILES string of the molecule is CC(CN)(NC(=O)c1cc([N+](=O)[O-])ccc1Cl)C1CC1. The first-order valence-electron chi connectivity index (χ1n) is 6.34. The number of nitro benzene ring substituents is 1. The van der Waals surface area contributed by atoms with Gasteiger partial charge in [0.15, 0.2) is 0 Å². The third-order valence-electron chi connectivity index (χ3n) is 3.71. The molecule has 1 fully saturated rings. The molecule has 1 unspecified atom stereocenters. The van der Waals surface area contributed by atoms with Gasteiger partial charge in [0.05, 0.1) is 21.0 Å². The first-order valence-corrected chi connectivity index (χ1v) is 6.71. The van der Waals surface area contributed by atoms with E-state index in [4.69, 9.17) is 17.3 Å². The first kappa shape index (κ1) is 14.7. The molecule has 7 heteroatoms. The zero-order valence-electron chi connectivity index (χ0n) is 11.1. The molecule has 20 heavy (non-hydrogen) atoms. The maximum atomic E-state index is 12.3. The molecule has 0 heterocycles. The van der Waals surface area contributed by atoms with Crippen molar-refractivity contribution in [3.8, 4) is 0 Å². The van der Waals surface area contributed by atoms with Gasteiger partial charge in [-0.05, 0) is 31.7 Å². The Kier molecular flexibility index (Phi) is 3.96. The standard InChI is InChI=1S/C13H16ClN3O3/c1-13(7-15,8-2-3-8)16-12(18)10-6-9(17(19)20)4-5-11(10)14/h4-6,8H,2-3,7,15H2,1H3,(H,16,18). The van der Waals surface area contributed by atoms with Crippen LogP contribution in [0, 0.1) is 16.0 Å². The quantitative estimate of drug-likeness (QED) is 0.642. The molecule has 0 bridgehead atoms. The van der Waals surface area contributed by atoms with Gasteiger partial charge in [-0.15, -0.1) is 0 Å². The molecule has 0 aliphatic heterocycles. The molecule has 1 atom stereocenters. The molecule has 6 nitrogen and oxygen atoms in total. The molecule has 1 amide bonds. The fourth-order valence-corrected chi connectivity index (χ4v) is 2.37. The van der Waals surface area contributed by atoms with Crippen LogP contribution in [0.4, 0.5) is 5.69 Å². The fraction of sp³-hybridized carbons (Fsp3) is 0.462. The third kappa shape index (κ3) is 2.91. The maximum absolute atomic E-state index is 12.3. The highest BCUT2D eigenvalue weighted by atomic mass is 35.5. The Balaban J connectivity index is 2.24. The number of amides is 1. The molecule has 0 aromatic heterocycles. The van der Waals surface area contributed by atoms with E-state index in [-0.39, 0.29) is 16.3 Å². The van der Waals surface area contributed by atoms with Crippen molar-refractivity contribution < 1.29 is 9.72 Å². The molecule has 2 rings (SSSR count). The van der Waals surface area contributed by atoms with Crippen molar-refractivity contribution in [2.75, 3.05) is 6.54 Å². The summed E-state index contributed by atoms with van der Waals surface area (Å²) >= 11 is 5.95. The van der Waals surface area contributed by atoms with E-state index in [1.807, 2.05) is 6.92 Å². The summed E-state index contributed by atoms with van der Waals surface area (Å²) in [4.78, 5) is 22.5. The Morgan fingerprint density at radius 1 is 1.60 bits per heavy atom. The minimum absolute atomic E-state index is 0.0983. The molecule has 1 aromatic rings. The maximum Gasteiger partial charge on any atom is 0.270 e. The molecule has 1 saturated carbocycles. The monoisotopic (exact) mass is 297 g/mol. The van der Waals surface area contributed by atoms with E-state index in [0.717, 1.165) is 12.8 Å². The van der Waals surface area contributed by atoms with E-state index in [9.17, 15) is 14.9 Å². The van der Waals surface area contributed by atoms with E-state index in [1.165, 1.54) is 18.2 Å². The first-order chi connectivity index (χ1) is 9.37. The summed E-state index contributed by atoms with van der Waals surface area (Å²) in [6.07, 6.45) is 2.05. The van der Waals surface area contributed by atoms with Gasteiger partial charge in [0.2, 0.25) is 0 Å². The van der Waals surface area contributed by atoms with E-state index < -0.39 is 16.4 Å². The number of nitrogens with zero attached hydrogens (tertiary/aromatic N) is 1. The van der Waals surface area contributed by atoms with Gasteiger partial charge in [-0.3, -0.25) is 14.9 Å². The Labute approximate surface area is 121 Å². The smallest absolute Gasteiger partial charge is 0.270 e. The highest BCUT2D eigenvalue weighted by Crippen LogP contribution is 2.39. The van der Waals surface area contributed by atoms with Crippen LogP contribution < -0.4 is 11.1 Å². The molecular weight excluding hydrogens is 282 g/mol. The van der Waals surface area contributed by atoms with E-state index in [2.05, 4.69) is 5.32 Å². The second kappa shape index (κ2) is 5.38. The van der Waals surface area contributed by atoms with Gasteiger partial charge in [-0.25, -0.2) is 0 Å². The van der Waals surface area contributed by atoms with Crippen LogP contribution in [0.15, 0.2) is 18.2 Å². The average molecular weight is 298 g/mol. The fourth-order valence-electron chi connectivity index (χ4n) is 2.17. The zero-order valence-corrected chi connectivity index (χ0v) is 11.8. The minimum Gasteiger partial charge on any atom is -0.345 e. The van der Waals surface area contributed by atoms with Crippen molar-refractivity contribution in [2.45, 2.75) is 25.3 Å². The van der Waals surface area contributed by atoms with Crippen molar-refractivity contribution in [2.24, 2.45) is 11.7 Å². The molecular formula is C13H16ClN3O3. The van der Waals surface area contributed by atoms with Crippen LogP contribution in [0.3, 0.4) is 0 Å². The van der Waals surface area contributed by atoms with Gasteiger partial charge >= 0.3 is 0 Å². The number of halogens is 1. The summed E-state index contributed by atoms with van der Waals surface area (Å²) in [5.74, 6) is -0.0764. The Hall–Kier alpha value is -1.66. The number of nitrogens with one attached hydrogen (secondary N) is 1. The van der Waals surface area contributed by atoms with Gasteiger partial charge in [0.1, 0.15) is 0 Å². The van der Waals surface area contributed by atoms with Crippen LogP contribution >= 0.6 is 11.6 Å². The third-order valence-corrected chi connectivity index (χ3v) is 4.04. The lowest BCUT2D eigenvalue weighted by molar-refractivity contribution is -0.384. The normalized spacial score (nSPS) is 17.4. The van der Waals surface area contributed by atoms with Crippen LogP contribution in [-0.4, -0.2) is 22.9 Å². The topological polar surface area (TPSA) is 98.3 Å². The largest absolute Gasteiger partial charge is 0.345 e. The zero-order chi connectivity index (χ0) is 14.9. The van der Waals surface area contributed by atoms with Crippen LogP contribution in [0.5, 0.6) is 0 Å². The lowest BCUT2D eigenvalue weighted by Gasteiger charge is -2.29. The predicted molar refractivity (Wildman–Crippen MR) is 75.8 cm³/mol. The van der Waals surface area contributed by atoms with Crippen molar-refractivity contribution in [3.63, 3.8) is 0 Å². The summed E-state index contributed by atoms with van der Waals surface area (Å²) in [6.45, 7) is 2.20. The molecule has 1 aromatic carbocycles. The Morgan fingerprint density at radius 3 is 2.75 bits per heavy atom. The van der Waals surface area contributed by atoms with E-state index in [0.29, 0.717) is 12.5 Å². The number of hydrogen-bond acceptors (Lipinski definition) is 4. The van der Waals surface area contributed by atoms with E-state index in [1.54, 1.807) is 0 Å². The van der Waals surface area contributed by atoms with Crippen molar-refractivity contribution >= 4 is 23.2 Å². The highest BCUT2D eigenvalue weighted by Gasteiger charge is 2.41. The summed E-state index contributed by atoms with van der Waals surface area (Å²) in [5, 5.41) is 13.8. The molecule has 108 valence electrons. The lowest BCUT2D eigenvalue weighted by Crippen LogP contribution is -2.53. The summed E-state index contributed by atoms with van der Waals surface area (Å²) in [5.41, 5.74) is 5.17. The minimum atomic E-state index is -0.559. The number of benzene rings is 1. The summed E-state index contributed by atoms with van der Waals surface area (Å²) < 4.78 is 0. The van der Waals surface area contributed by atoms with Gasteiger partial charge in [-0.1, -0.05) is 11.6 Å². The second-order valence-corrected chi connectivity index (χ2v) is 5.68. The number of rotatable bonds is 5. The molecule has 1 aliphatic rings. The van der Waals surface area contributed by atoms with Crippen LogP contribution in [-0.2, 0) is 0 Å². The van der Waals surface area contributed by atoms with Gasteiger partial charge < -0.3 is 11.1 Å². The number of carbonyl (C=O) groups is 1. The number of nitro groups is 1. The summed E-state index contributed by atoms with van der Waals surface area (Å²) in [7, 11) is 0. The highest BCUT2D eigenvalue weighted by molar-refractivity contribution is 6.34. The van der Waals surface area contributed by atoms with Crippen LogP contribution in [0.25, 0.3) is 0 Å². The second-order valence-electron chi connectivity index (χ2n) is 5.27. The van der Waals surface area contributed by atoms with Crippen molar-refractivity contribution in [1.82, 2.24) is 5.32 Å². The van der Waals surface area contributed by atoms with Gasteiger partial charge in [-0.2, -0.15) is 0 Å². The Morgan fingerprint density at radius 2 is 2.25 bits per heavy atom. The average Bonchev–Trinajstić information content (AvgIpc) is 3.23. The number of nitrogens with two attached hydrogens (primary N) is 1. The van der Waals surface area contributed by atoms with Crippen LogP contribution in [0.1, 0.15) is 30.1 Å². The lowest BCUT2D eigenvalue weighted by atomic mass is 9.95. The number of hydrogen-bond donors (Lipinski definition) is 2. The van der Waals surface area contributed by atoms with Crippen molar-refractivity contribution in [1.29, 1.82) is 0 Å². The number of non-ortho nitro benzene ring substituents is 1. The van der Waals surface area contributed by atoms with Gasteiger partial charge in [0.25, 0.3) is 11.6 Å². The molecule has 0 saturated heterocycles. The van der Waals surface area contributed by atoms with Crippen LogP contribution in [0.2, 0.25) is 5.02 Å². The number of carbonyl (C=O) groups excluding carboxylic acids is 1.